The van der Waals surface area contributed by atoms with E-state index < -0.39 is 0 Å². The summed E-state index contributed by atoms with van der Waals surface area (Å²) in [5.41, 5.74) is 1.24. The van der Waals surface area contributed by atoms with E-state index in [-0.39, 0.29) is 0 Å². The molecule has 0 spiro atoms. The van der Waals surface area contributed by atoms with Crippen molar-refractivity contribution in [3.63, 3.8) is 0 Å². The van der Waals surface area contributed by atoms with Gasteiger partial charge in [0.25, 0.3) is 0 Å². The number of methoxy groups -OCH3 is 1. The smallest absolute Gasteiger partial charge is 0.0720 e. The van der Waals surface area contributed by atoms with Crippen molar-refractivity contribution in [3.8, 4) is 0 Å². The van der Waals surface area contributed by atoms with Crippen LogP contribution in [0.5, 0.6) is 0 Å². The van der Waals surface area contributed by atoms with Gasteiger partial charge in [-0.3, -0.25) is 0 Å². The van der Waals surface area contributed by atoms with E-state index in [9.17, 15) is 0 Å². The van der Waals surface area contributed by atoms with E-state index >= 15 is 0 Å². The van der Waals surface area contributed by atoms with Crippen LogP contribution < -0.4 is 0 Å². The molecule has 1 aromatic carbocycles. The van der Waals surface area contributed by atoms with E-state index in [0.29, 0.717) is 12.2 Å². The van der Waals surface area contributed by atoms with Crippen LogP contribution >= 0.6 is 0 Å². The van der Waals surface area contributed by atoms with E-state index in [0.717, 1.165) is 19.4 Å². The van der Waals surface area contributed by atoms with E-state index in [1.807, 2.05) is 18.2 Å². The molecule has 0 N–H and O–H groups in total. The Kier molecular flexibility index (Phi) is 3.17. The fourth-order valence-electron chi connectivity index (χ4n) is 1.63. The molecule has 1 aliphatic carbocycles. The molecule has 0 heterocycles. The third kappa shape index (κ3) is 2.34. The monoisotopic (exact) mass is 192 g/mol. The Labute approximate surface area is 84.8 Å². The summed E-state index contributed by atoms with van der Waals surface area (Å²) in [4.78, 5) is 0. The minimum absolute atomic E-state index is 0.403. The van der Waals surface area contributed by atoms with Gasteiger partial charge in [0, 0.05) is 7.11 Å². The van der Waals surface area contributed by atoms with Crippen LogP contribution in [0.4, 0.5) is 0 Å². The quantitative estimate of drug-likeness (QED) is 0.729. The molecular formula is C12H16O2. The second kappa shape index (κ2) is 4.58. The minimum Gasteiger partial charge on any atom is -0.381 e. The van der Waals surface area contributed by atoms with Crippen molar-refractivity contribution in [1.29, 1.82) is 0 Å². The molecule has 76 valence electrons. The third-order valence-electron chi connectivity index (χ3n) is 2.71. The second-order valence-electron chi connectivity index (χ2n) is 3.75. The van der Waals surface area contributed by atoms with E-state index in [1.165, 1.54) is 5.56 Å². The van der Waals surface area contributed by atoms with Crippen molar-refractivity contribution in [2.24, 2.45) is 0 Å². The highest BCUT2D eigenvalue weighted by molar-refractivity contribution is 5.13. The van der Waals surface area contributed by atoms with Crippen LogP contribution in [0.3, 0.4) is 0 Å². The van der Waals surface area contributed by atoms with Gasteiger partial charge in [-0.15, -0.1) is 0 Å². The molecule has 14 heavy (non-hydrogen) atoms. The van der Waals surface area contributed by atoms with Crippen molar-refractivity contribution in [1.82, 2.24) is 0 Å². The molecule has 1 fully saturated rings. The summed E-state index contributed by atoms with van der Waals surface area (Å²) in [6, 6.07) is 10.3. The van der Waals surface area contributed by atoms with Gasteiger partial charge in [-0.1, -0.05) is 30.3 Å². The van der Waals surface area contributed by atoms with Crippen LogP contribution in [-0.2, 0) is 16.1 Å². The Hall–Kier alpha value is -0.860. The third-order valence-corrected chi connectivity index (χ3v) is 2.71. The molecule has 2 nitrogen and oxygen atoms in total. The Morgan fingerprint density at radius 3 is 2.50 bits per heavy atom. The van der Waals surface area contributed by atoms with Crippen LogP contribution in [0.2, 0.25) is 0 Å². The Morgan fingerprint density at radius 1 is 1.14 bits per heavy atom. The van der Waals surface area contributed by atoms with Gasteiger partial charge in [-0.2, -0.15) is 0 Å². The Bertz CT molecular complexity index is 265. The zero-order valence-electron chi connectivity index (χ0n) is 8.48. The lowest BCUT2D eigenvalue weighted by atomic mass is 9.92. The lowest BCUT2D eigenvalue weighted by Gasteiger charge is -2.33. The molecule has 2 heteroatoms. The van der Waals surface area contributed by atoms with Gasteiger partial charge < -0.3 is 9.47 Å². The van der Waals surface area contributed by atoms with Crippen LogP contribution in [0.15, 0.2) is 30.3 Å². The fourth-order valence-corrected chi connectivity index (χ4v) is 1.63. The van der Waals surface area contributed by atoms with Gasteiger partial charge >= 0.3 is 0 Å². The molecule has 0 aliphatic heterocycles. The predicted molar refractivity (Wildman–Crippen MR) is 55.1 cm³/mol. The number of rotatable bonds is 4. The number of hydrogen-bond acceptors (Lipinski definition) is 2. The normalized spacial score (nSPS) is 25.8. The summed E-state index contributed by atoms with van der Waals surface area (Å²) < 4.78 is 10.9. The molecule has 0 bridgehead atoms. The average Bonchev–Trinajstić information content (AvgIpc) is 2.17. The lowest BCUT2D eigenvalue weighted by Crippen LogP contribution is -2.36. The van der Waals surface area contributed by atoms with Crippen LogP contribution in [0.1, 0.15) is 18.4 Å². The molecule has 1 aliphatic rings. The molecular weight excluding hydrogens is 176 g/mol. The average molecular weight is 192 g/mol. The first-order chi connectivity index (χ1) is 6.88. The van der Waals surface area contributed by atoms with Gasteiger partial charge in [-0.05, 0) is 18.4 Å². The van der Waals surface area contributed by atoms with E-state index in [1.54, 1.807) is 7.11 Å². The zero-order valence-corrected chi connectivity index (χ0v) is 8.48. The molecule has 1 aromatic rings. The highest BCUT2D eigenvalue weighted by Crippen LogP contribution is 2.26. The molecule has 0 radical (unpaired) electrons. The highest BCUT2D eigenvalue weighted by atomic mass is 16.5. The van der Waals surface area contributed by atoms with Crippen LogP contribution in [0, 0.1) is 0 Å². The molecule has 0 atom stereocenters. The highest BCUT2D eigenvalue weighted by Gasteiger charge is 2.29. The first kappa shape index (κ1) is 9.69. The topological polar surface area (TPSA) is 18.5 Å². The van der Waals surface area contributed by atoms with Crippen molar-refractivity contribution in [3.05, 3.63) is 35.9 Å². The summed E-state index contributed by atoms with van der Waals surface area (Å²) in [5, 5.41) is 0. The molecule has 0 saturated heterocycles. The summed E-state index contributed by atoms with van der Waals surface area (Å²) in [5.74, 6) is 0. The summed E-state index contributed by atoms with van der Waals surface area (Å²) in [6.45, 7) is 0.724. The Balaban J connectivity index is 1.69. The van der Waals surface area contributed by atoms with Crippen molar-refractivity contribution in [2.45, 2.75) is 31.7 Å². The largest absolute Gasteiger partial charge is 0.381 e. The lowest BCUT2D eigenvalue weighted by molar-refractivity contribution is -0.0928. The van der Waals surface area contributed by atoms with Gasteiger partial charge in [0.05, 0.1) is 18.8 Å². The van der Waals surface area contributed by atoms with Gasteiger partial charge in [-0.25, -0.2) is 0 Å². The molecule has 0 amide bonds. The SMILES string of the molecule is COC1CC(OCc2ccccc2)C1. The molecule has 0 aromatic heterocycles. The van der Waals surface area contributed by atoms with Crippen LogP contribution in [0.25, 0.3) is 0 Å². The number of ether oxygens (including phenoxy) is 2. The molecule has 0 unspecified atom stereocenters. The number of benzene rings is 1. The standard InChI is InChI=1S/C12H16O2/c1-13-11-7-12(8-11)14-9-10-5-3-2-4-6-10/h2-6,11-12H,7-9H2,1H3. The summed E-state index contributed by atoms with van der Waals surface area (Å²) in [6.07, 6.45) is 2.92. The summed E-state index contributed by atoms with van der Waals surface area (Å²) in [7, 11) is 1.76. The molecule has 1 saturated carbocycles. The van der Waals surface area contributed by atoms with Crippen LogP contribution in [-0.4, -0.2) is 19.3 Å². The molecule has 2 rings (SSSR count). The first-order valence-corrected chi connectivity index (χ1v) is 5.07. The first-order valence-electron chi connectivity index (χ1n) is 5.07. The maximum atomic E-state index is 5.72. The minimum atomic E-state index is 0.403. The summed E-state index contributed by atoms with van der Waals surface area (Å²) >= 11 is 0. The van der Waals surface area contributed by atoms with Gasteiger partial charge in [0.1, 0.15) is 0 Å². The van der Waals surface area contributed by atoms with Crippen molar-refractivity contribution < 1.29 is 9.47 Å². The second-order valence-corrected chi connectivity index (χ2v) is 3.75. The maximum Gasteiger partial charge on any atom is 0.0720 e. The van der Waals surface area contributed by atoms with E-state index in [2.05, 4.69) is 12.1 Å². The Morgan fingerprint density at radius 2 is 1.86 bits per heavy atom. The number of hydrogen-bond donors (Lipinski definition) is 0. The zero-order chi connectivity index (χ0) is 9.80. The maximum absolute atomic E-state index is 5.72. The van der Waals surface area contributed by atoms with Gasteiger partial charge in [0.2, 0.25) is 0 Å². The predicted octanol–water partition coefficient (Wildman–Crippen LogP) is 2.38. The fraction of sp³-hybridized carbons (Fsp3) is 0.500. The van der Waals surface area contributed by atoms with Crippen molar-refractivity contribution in [2.75, 3.05) is 7.11 Å². The van der Waals surface area contributed by atoms with Crippen molar-refractivity contribution >= 4 is 0 Å². The van der Waals surface area contributed by atoms with E-state index in [4.69, 9.17) is 9.47 Å². The van der Waals surface area contributed by atoms with Gasteiger partial charge in [0.15, 0.2) is 0 Å².